The second-order valence-electron chi connectivity index (χ2n) is 3.25. The van der Waals surface area contributed by atoms with Crippen molar-refractivity contribution in [1.29, 1.82) is 0 Å². The molecule has 0 atom stereocenters. The van der Waals surface area contributed by atoms with Crippen molar-refractivity contribution in [2.24, 2.45) is 0 Å². The number of aromatic carboxylic acids is 1. The van der Waals surface area contributed by atoms with Crippen LogP contribution in [0.15, 0.2) is 18.3 Å². The van der Waals surface area contributed by atoms with Crippen LogP contribution >= 0.6 is 0 Å². The first-order valence-corrected chi connectivity index (χ1v) is 5.85. The van der Waals surface area contributed by atoms with Crippen molar-refractivity contribution < 1.29 is 9.90 Å². The quantitative estimate of drug-likeness (QED) is 0.627. The Balaban J connectivity index is 0.00000121. The zero-order valence-electron chi connectivity index (χ0n) is 10.4. The molecule has 0 unspecified atom stereocenters. The average Bonchev–Trinajstić information content (AvgIpc) is 2.38. The van der Waals surface area contributed by atoms with Crippen LogP contribution in [0.1, 0.15) is 49.2 Å². The number of carbonyl (C=O) groups is 1. The smallest absolute Gasteiger partial charge is 0.337 e. The van der Waals surface area contributed by atoms with E-state index in [0.717, 1.165) is 31.4 Å². The molecule has 92 valence electrons. The first-order chi connectivity index (χ1) is 8.24. The highest BCUT2D eigenvalue weighted by Crippen LogP contribution is 2.05. The SMILES string of the molecule is C#CCCCCc1ccc(C(=O)O)cn1.CC. The molecule has 1 aromatic heterocycles. The Hall–Kier alpha value is -1.82. The molecule has 0 fully saturated rings. The van der Waals surface area contributed by atoms with Crippen molar-refractivity contribution in [2.75, 3.05) is 0 Å². The van der Waals surface area contributed by atoms with Crippen LogP contribution in [-0.2, 0) is 6.42 Å². The van der Waals surface area contributed by atoms with Crippen LogP contribution in [-0.4, -0.2) is 16.1 Å². The minimum Gasteiger partial charge on any atom is -0.478 e. The molecule has 0 saturated heterocycles. The molecule has 0 bridgehead atoms. The van der Waals surface area contributed by atoms with Crippen LogP contribution < -0.4 is 0 Å². The number of unbranched alkanes of at least 4 members (excludes halogenated alkanes) is 2. The lowest BCUT2D eigenvalue weighted by molar-refractivity contribution is 0.0696. The van der Waals surface area contributed by atoms with Gasteiger partial charge < -0.3 is 5.11 Å². The topological polar surface area (TPSA) is 50.2 Å². The van der Waals surface area contributed by atoms with Gasteiger partial charge in [0.15, 0.2) is 0 Å². The van der Waals surface area contributed by atoms with Gasteiger partial charge in [-0.3, -0.25) is 4.98 Å². The van der Waals surface area contributed by atoms with Crippen LogP contribution in [0.25, 0.3) is 0 Å². The molecule has 0 saturated carbocycles. The first-order valence-electron chi connectivity index (χ1n) is 5.85. The summed E-state index contributed by atoms with van der Waals surface area (Å²) in [6.45, 7) is 4.00. The van der Waals surface area contributed by atoms with Crippen LogP contribution in [0.4, 0.5) is 0 Å². The number of aryl methyl sites for hydroxylation is 1. The second kappa shape index (κ2) is 9.41. The lowest BCUT2D eigenvalue weighted by Crippen LogP contribution is -1.98. The van der Waals surface area contributed by atoms with Gasteiger partial charge in [0.2, 0.25) is 0 Å². The minimum atomic E-state index is -0.943. The van der Waals surface area contributed by atoms with E-state index in [9.17, 15) is 4.79 Å². The van der Waals surface area contributed by atoms with Gasteiger partial charge in [0.1, 0.15) is 0 Å². The third-order valence-corrected chi connectivity index (χ3v) is 2.08. The lowest BCUT2D eigenvalue weighted by atomic mass is 10.1. The van der Waals surface area contributed by atoms with E-state index in [1.807, 2.05) is 13.8 Å². The molecule has 0 aliphatic rings. The van der Waals surface area contributed by atoms with Crippen molar-refractivity contribution in [1.82, 2.24) is 4.98 Å². The number of hydrogen-bond acceptors (Lipinski definition) is 2. The molecule has 0 aliphatic heterocycles. The Labute approximate surface area is 103 Å². The summed E-state index contributed by atoms with van der Waals surface area (Å²) in [6, 6.07) is 3.32. The molecule has 17 heavy (non-hydrogen) atoms. The van der Waals surface area contributed by atoms with Crippen LogP contribution in [0.2, 0.25) is 0 Å². The predicted octanol–water partition coefficient (Wildman–Crippen LogP) is 3.15. The lowest BCUT2D eigenvalue weighted by Gasteiger charge is -1.99. The summed E-state index contributed by atoms with van der Waals surface area (Å²) in [6.07, 6.45) is 10.1. The van der Waals surface area contributed by atoms with Crippen molar-refractivity contribution in [2.45, 2.75) is 39.5 Å². The fourth-order valence-electron chi connectivity index (χ4n) is 1.23. The van der Waals surface area contributed by atoms with Crippen molar-refractivity contribution in [3.8, 4) is 12.3 Å². The molecule has 3 heteroatoms. The van der Waals surface area contributed by atoms with Crippen molar-refractivity contribution in [3.05, 3.63) is 29.6 Å². The van der Waals surface area contributed by atoms with E-state index < -0.39 is 5.97 Å². The average molecular weight is 233 g/mol. The minimum absolute atomic E-state index is 0.224. The summed E-state index contributed by atoms with van der Waals surface area (Å²) in [5, 5.41) is 8.66. The summed E-state index contributed by atoms with van der Waals surface area (Å²) in [5.41, 5.74) is 1.14. The largest absolute Gasteiger partial charge is 0.478 e. The van der Waals surface area contributed by atoms with E-state index in [1.165, 1.54) is 6.20 Å². The number of pyridine rings is 1. The van der Waals surface area contributed by atoms with Gasteiger partial charge in [-0.25, -0.2) is 4.79 Å². The summed E-state index contributed by atoms with van der Waals surface area (Å²) < 4.78 is 0. The second-order valence-corrected chi connectivity index (χ2v) is 3.25. The fourth-order valence-corrected chi connectivity index (χ4v) is 1.23. The molecule has 0 aromatic carbocycles. The van der Waals surface area contributed by atoms with E-state index in [4.69, 9.17) is 11.5 Å². The number of aromatic nitrogens is 1. The fraction of sp³-hybridized carbons (Fsp3) is 0.429. The Morgan fingerprint density at radius 1 is 1.41 bits per heavy atom. The number of carboxylic acid groups (broad SMARTS) is 1. The van der Waals surface area contributed by atoms with E-state index in [-0.39, 0.29) is 5.56 Å². The monoisotopic (exact) mass is 233 g/mol. The Bertz CT molecular complexity index is 363. The predicted molar refractivity (Wildman–Crippen MR) is 68.9 cm³/mol. The van der Waals surface area contributed by atoms with Gasteiger partial charge in [0, 0.05) is 18.3 Å². The normalized spacial score (nSPS) is 8.76. The Kier molecular flexibility index (Phi) is 8.40. The number of carboxylic acids is 1. The van der Waals surface area contributed by atoms with Crippen molar-refractivity contribution in [3.63, 3.8) is 0 Å². The molecule has 1 N–H and O–H groups in total. The number of nitrogens with zero attached hydrogens (tertiary/aromatic N) is 1. The van der Waals surface area contributed by atoms with E-state index in [1.54, 1.807) is 12.1 Å². The van der Waals surface area contributed by atoms with Crippen molar-refractivity contribution >= 4 is 5.97 Å². The highest BCUT2D eigenvalue weighted by Gasteiger charge is 2.02. The highest BCUT2D eigenvalue weighted by molar-refractivity contribution is 5.87. The van der Waals surface area contributed by atoms with Crippen LogP contribution in [0.3, 0.4) is 0 Å². The van der Waals surface area contributed by atoms with Gasteiger partial charge >= 0.3 is 5.97 Å². The molecule has 1 aromatic rings. The summed E-state index contributed by atoms with van der Waals surface area (Å²) in [5.74, 6) is 1.64. The summed E-state index contributed by atoms with van der Waals surface area (Å²) in [4.78, 5) is 14.6. The zero-order valence-corrected chi connectivity index (χ0v) is 10.4. The van der Waals surface area contributed by atoms with E-state index in [2.05, 4.69) is 10.9 Å². The first kappa shape index (κ1) is 15.2. The third-order valence-electron chi connectivity index (χ3n) is 2.08. The molecule has 0 amide bonds. The molecule has 0 aliphatic carbocycles. The van der Waals surface area contributed by atoms with Gasteiger partial charge in [0.05, 0.1) is 5.56 Å². The molecule has 0 radical (unpaired) electrons. The molecular weight excluding hydrogens is 214 g/mol. The van der Waals surface area contributed by atoms with Crippen LogP contribution in [0, 0.1) is 12.3 Å². The number of hydrogen-bond donors (Lipinski definition) is 1. The highest BCUT2D eigenvalue weighted by atomic mass is 16.4. The molecular formula is C14H19NO2. The van der Waals surface area contributed by atoms with E-state index >= 15 is 0 Å². The Morgan fingerprint density at radius 3 is 2.59 bits per heavy atom. The van der Waals surface area contributed by atoms with Gasteiger partial charge in [-0.15, -0.1) is 12.3 Å². The molecule has 3 nitrogen and oxygen atoms in total. The van der Waals surface area contributed by atoms with Gasteiger partial charge in [-0.1, -0.05) is 13.8 Å². The maximum absolute atomic E-state index is 10.5. The molecule has 0 spiro atoms. The van der Waals surface area contributed by atoms with E-state index in [0.29, 0.717) is 0 Å². The maximum Gasteiger partial charge on any atom is 0.337 e. The zero-order chi connectivity index (χ0) is 13.1. The third kappa shape index (κ3) is 6.36. The van der Waals surface area contributed by atoms with Gasteiger partial charge in [0.25, 0.3) is 0 Å². The standard InChI is InChI=1S/C12H13NO2.C2H6/c1-2-3-4-5-6-11-8-7-10(9-13-11)12(14)15;1-2/h1,7-9H,3-6H2,(H,14,15);1-2H3. The van der Waals surface area contributed by atoms with Crippen LogP contribution in [0.5, 0.6) is 0 Å². The number of rotatable bonds is 5. The molecule has 1 heterocycles. The Morgan fingerprint density at radius 2 is 2.12 bits per heavy atom. The summed E-state index contributed by atoms with van der Waals surface area (Å²) in [7, 11) is 0. The molecule has 1 rings (SSSR count). The van der Waals surface area contributed by atoms with Gasteiger partial charge in [-0.2, -0.15) is 0 Å². The summed E-state index contributed by atoms with van der Waals surface area (Å²) >= 11 is 0. The van der Waals surface area contributed by atoms with Gasteiger partial charge in [-0.05, 0) is 31.4 Å². The number of terminal acetylenes is 1. The maximum atomic E-state index is 10.5.